The SMILES string of the molecule is C=CCCC(=O)OC[C@@H](NC(=O)[C@H]1[C@@H]2O[C@@]3(CC2Br)[C@@H]1C(=O)N([C@H](C)CO)[C@@H]3C(=O)N(CC=C)C(C)C)c1ccccc1. The lowest BCUT2D eigenvalue weighted by Crippen LogP contribution is -2.59. The smallest absolute Gasteiger partial charge is 0.306 e. The number of nitrogens with zero attached hydrogens (tertiary/aromatic N) is 2. The molecule has 234 valence electrons. The average Bonchev–Trinajstić information content (AvgIpc) is 3.59. The van der Waals surface area contributed by atoms with Crippen LogP contribution in [0.15, 0.2) is 55.6 Å². The fraction of sp³-hybridized carbons (Fsp3) is 0.562. The molecule has 0 radical (unpaired) electrons. The zero-order valence-electron chi connectivity index (χ0n) is 25.0. The van der Waals surface area contributed by atoms with E-state index in [1.807, 2.05) is 44.2 Å². The van der Waals surface area contributed by atoms with Crippen molar-refractivity contribution in [2.45, 2.75) is 80.7 Å². The van der Waals surface area contributed by atoms with Crippen LogP contribution in [0.1, 0.15) is 51.6 Å². The molecule has 1 aromatic carbocycles. The summed E-state index contributed by atoms with van der Waals surface area (Å²) in [6, 6.07) is 6.61. The quantitative estimate of drug-likeness (QED) is 0.179. The van der Waals surface area contributed by atoms with Crippen LogP contribution >= 0.6 is 15.9 Å². The number of aliphatic hydroxyl groups excluding tert-OH is 1. The molecule has 3 amide bonds. The van der Waals surface area contributed by atoms with E-state index in [2.05, 4.69) is 34.4 Å². The summed E-state index contributed by atoms with van der Waals surface area (Å²) >= 11 is 3.68. The number of halogens is 1. The van der Waals surface area contributed by atoms with E-state index in [1.165, 1.54) is 4.90 Å². The van der Waals surface area contributed by atoms with Crippen LogP contribution in [0.5, 0.6) is 0 Å². The Balaban J connectivity index is 1.67. The molecule has 10 nitrogen and oxygen atoms in total. The first kappa shape index (κ1) is 32.9. The highest BCUT2D eigenvalue weighted by Crippen LogP contribution is 2.60. The molecular weight excluding hydrogens is 618 g/mol. The Morgan fingerprint density at radius 3 is 2.53 bits per heavy atom. The maximum atomic E-state index is 14.2. The zero-order valence-corrected chi connectivity index (χ0v) is 26.6. The number of hydrogen-bond donors (Lipinski definition) is 2. The zero-order chi connectivity index (χ0) is 31.5. The van der Waals surface area contributed by atoms with Crippen molar-refractivity contribution in [1.29, 1.82) is 0 Å². The van der Waals surface area contributed by atoms with Gasteiger partial charge in [-0.3, -0.25) is 19.2 Å². The summed E-state index contributed by atoms with van der Waals surface area (Å²) < 4.78 is 12.1. The predicted octanol–water partition coefficient (Wildman–Crippen LogP) is 2.91. The number of amides is 3. The molecule has 3 heterocycles. The Bertz CT molecular complexity index is 1230. The minimum absolute atomic E-state index is 0.0921. The van der Waals surface area contributed by atoms with E-state index in [1.54, 1.807) is 24.0 Å². The maximum absolute atomic E-state index is 14.2. The molecule has 0 saturated carbocycles. The molecule has 3 aliphatic heterocycles. The lowest BCUT2D eigenvalue weighted by atomic mass is 9.70. The van der Waals surface area contributed by atoms with Crippen LogP contribution in [0, 0.1) is 11.8 Å². The number of fused-ring (bicyclic) bond motifs is 1. The van der Waals surface area contributed by atoms with Gasteiger partial charge in [0.25, 0.3) is 0 Å². The van der Waals surface area contributed by atoms with Crippen LogP contribution < -0.4 is 5.32 Å². The highest BCUT2D eigenvalue weighted by atomic mass is 79.9. The van der Waals surface area contributed by atoms with E-state index < -0.39 is 59.5 Å². The second-order valence-corrected chi connectivity index (χ2v) is 13.0. The molecule has 4 rings (SSSR count). The number of benzene rings is 1. The highest BCUT2D eigenvalue weighted by Gasteiger charge is 2.77. The molecule has 0 aliphatic carbocycles. The van der Waals surface area contributed by atoms with Gasteiger partial charge in [0.2, 0.25) is 17.7 Å². The number of esters is 1. The van der Waals surface area contributed by atoms with Crippen molar-refractivity contribution >= 4 is 39.6 Å². The summed E-state index contributed by atoms with van der Waals surface area (Å²) in [5, 5.41) is 13.1. The summed E-state index contributed by atoms with van der Waals surface area (Å²) in [7, 11) is 0. The van der Waals surface area contributed by atoms with Gasteiger partial charge in [-0.25, -0.2) is 0 Å². The molecule has 11 heteroatoms. The van der Waals surface area contributed by atoms with Crippen LogP contribution in [0.3, 0.4) is 0 Å². The molecule has 0 aromatic heterocycles. The van der Waals surface area contributed by atoms with Crippen molar-refractivity contribution in [3.8, 4) is 0 Å². The summed E-state index contributed by atoms with van der Waals surface area (Å²) in [6.45, 7) is 12.7. The monoisotopic (exact) mass is 659 g/mol. The van der Waals surface area contributed by atoms with Gasteiger partial charge < -0.3 is 29.7 Å². The molecule has 1 unspecified atom stereocenters. The van der Waals surface area contributed by atoms with E-state index in [9.17, 15) is 24.3 Å². The molecule has 2 N–H and O–H groups in total. The molecule has 3 fully saturated rings. The number of rotatable bonds is 14. The fourth-order valence-corrected chi connectivity index (χ4v) is 7.65. The Hall–Kier alpha value is -3.02. The van der Waals surface area contributed by atoms with Gasteiger partial charge in [0.1, 0.15) is 18.2 Å². The van der Waals surface area contributed by atoms with Crippen LogP contribution in [-0.2, 0) is 28.7 Å². The van der Waals surface area contributed by atoms with E-state index in [4.69, 9.17) is 9.47 Å². The predicted molar refractivity (Wildman–Crippen MR) is 164 cm³/mol. The minimum atomic E-state index is -1.26. The topological polar surface area (TPSA) is 125 Å². The number of allylic oxidation sites excluding steroid dienone is 1. The third-order valence-electron chi connectivity index (χ3n) is 8.72. The lowest BCUT2D eigenvalue weighted by molar-refractivity contribution is -0.152. The van der Waals surface area contributed by atoms with Gasteiger partial charge in [-0.1, -0.05) is 58.4 Å². The standard InChI is InChI=1S/C32H42BrN3O7/c1-6-8-14-24(38)42-18-23(21-12-10-9-11-13-21)34-29(39)25-26-30(40)36(20(5)17-37)28(31(41)35(15-7-2)19(3)4)32(26)16-22(33)27(25)43-32/h6-7,9-13,19-20,22-23,25-28,37H,1-2,8,14-18H2,3-5H3,(H,34,39)/t20-,22?,23-,25-,26+,27-,28-,32+/m1/s1. The highest BCUT2D eigenvalue weighted by molar-refractivity contribution is 9.09. The second kappa shape index (κ2) is 13.7. The second-order valence-electron chi connectivity index (χ2n) is 11.8. The van der Waals surface area contributed by atoms with Gasteiger partial charge in [-0.15, -0.1) is 13.2 Å². The number of ether oxygens (including phenoxy) is 2. The van der Waals surface area contributed by atoms with Crippen molar-refractivity contribution in [3.05, 3.63) is 61.2 Å². The number of likely N-dealkylation sites (tertiary alicyclic amines) is 1. The van der Waals surface area contributed by atoms with Crippen molar-refractivity contribution in [1.82, 2.24) is 15.1 Å². The summed E-state index contributed by atoms with van der Waals surface area (Å²) in [5.74, 6) is -3.38. The number of alkyl halides is 1. The third kappa shape index (κ3) is 6.17. The molecule has 1 aromatic rings. The fourth-order valence-electron chi connectivity index (χ4n) is 6.70. The van der Waals surface area contributed by atoms with Gasteiger partial charge in [0.15, 0.2) is 0 Å². The summed E-state index contributed by atoms with van der Waals surface area (Å²) in [4.78, 5) is 57.6. The van der Waals surface area contributed by atoms with E-state index >= 15 is 0 Å². The summed E-state index contributed by atoms with van der Waals surface area (Å²) in [5.41, 5.74) is -0.522. The van der Waals surface area contributed by atoms with Gasteiger partial charge >= 0.3 is 5.97 Å². The Morgan fingerprint density at radius 1 is 1.23 bits per heavy atom. The van der Waals surface area contributed by atoms with Crippen LogP contribution in [-0.4, -0.2) is 93.0 Å². The van der Waals surface area contributed by atoms with Gasteiger partial charge in [-0.2, -0.15) is 0 Å². The van der Waals surface area contributed by atoms with E-state index in [0.717, 1.165) is 5.56 Å². The van der Waals surface area contributed by atoms with Gasteiger partial charge in [0, 0.05) is 23.8 Å². The number of aliphatic hydroxyl groups is 1. The first-order valence-corrected chi connectivity index (χ1v) is 15.7. The van der Waals surface area contributed by atoms with E-state index in [-0.39, 0.29) is 43.0 Å². The minimum Gasteiger partial charge on any atom is -0.463 e. The molecule has 43 heavy (non-hydrogen) atoms. The lowest BCUT2D eigenvalue weighted by Gasteiger charge is -2.39. The molecular formula is C32H42BrN3O7. The van der Waals surface area contributed by atoms with Crippen molar-refractivity contribution in [2.75, 3.05) is 19.8 Å². The Morgan fingerprint density at radius 2 is 1.93 bits per heavy atom. The Kier molecular flexibility index (Phi) is 10.5. The molecule has 8 atom stereocenters. The number of nitrogens with one attached hydrogen (secondary N) is 1. The number of carbonyl (C=O) groups excluding carboxylic acids is 4. The van der Waals surface area contributed by atoms with E-state index in [0.29, 0.717) is 12.8 Å². The average molecular weight is 661 g/mol. The van der Waals surface area contributed by atoms with Crippen molar-refractivity contribution in [2.24, 2.45) is 11.8 Å². The van der Waals surface area contributed by atoms with Crippen molar-refractivity contribution < 1.29 is 33.8 Å². The first-order valence-electron chi connectivity index (χ1n) is 14.8. The number of carbonyl (C=O) groups is 4. The van der Waals surface area contributed by atoms with Gasteiger partial charge in [0.05, 0.1) is 36.6 Å². The van der Waals surface area contributed by atoms with Crippen LogP contribution in [0.2, 0.25) is 0 Å². The summed E-state index contributed by atoms with van der Waals surface area (Å²) in [6.07, 6.45) is 3.61. The van der Waals surface area contributed by atoms with Crippen molar-refractivity contribution in [3.63, 3.8) is 0 Å². The largest absolute Gasteiger partial charge is 0.463 e. The van der Waals surface area contributed by atoms with Gasteiger partial charge in [-0.05, 0) is 39.2 Å². The first-order chi connectivity index (χ1) is 20.5. The third-order valence-corrected chi connectivity index (χ3v) is 9.56. The van der Waals surface area contributed by atoms with Crippen LogP contribution in [0.25, 0.3) is 0 Å². The molecule has 3 aliphatic rings. The Labute approximate surface area is 261 Å². The van der Waals surface area contributed by atoms with Crippen LogP contribution in [0.4, 0.5) is 0 Å². The number of hydrogen-bond acceptors (Lipinski definition) is 7. The molecule has 2 bridgehead atoms. The maximum Gasteiger partial charge on any atom is 0.306 e. The molecule has 3 saturated heterocycles. The molecule has 1 spiro atoms. The normalized spacial score (nSPS) is 28.7.